The molecule has 0 aromatic heterocycles. The second-order valence-corrected chi connectivity index (χ2v) is 5.63. The van der Waals surface area contributed by atoms with Crippen LogP contribution in [0, 0.1) is 10.1 Å². The predicted octanol–water partition coefficient (Wildman–Crippen LogP) is 1.62. The number of nitro benzene ring substituents is 1. The summed E-state index contributed by atoms with van der Waals surface area (Å²) in [7, 11) is 0. The van der Waals surface area contributed by atoms with Crippen LogP contribution < -0.4 is 0 Å². The molecule has 0 fully saturated rings. The molecule has 0 bridgehead atoms. The fourth-order valence-electron chi connectivity index (χ4n) is 2.58. The van der Waals surface area contributed by atoms with Crippen LogP contribution in [0.25, 0.3) is 0 Å². The number of ether oxygens (including phenoxy) is 1. The molecule has 3 rings (SSSR count). The number of ketones is 1. The summed E-state index contributed by atoms with van der Waals surface area (Å²) in [6.45, 7) is -1.29. The normalized spacial score (nSPS) is 12.7. The highest BCUT2D eigenvalue weighted by Gasteiger charge is 2.36. The molecule has 0 unspecified atom stereocenters. The Labute approximate surface area is 152 Å². The Balaban J connectivity index is 1.60. The van der Waals surface area contributed by atoms with E-state index < -0.39 is 41.6 Å². The number of rotatable bonds is 6. The number of imide groups is 1. The molecular weight excluding hydrogens is 356 g/mol. The van der Waals surface area contributed by atoms with E-state index in [1.807, 2.05) is 0 Å². The summed E-state index contributed by atoms with van der Waals surface area (Å²) in [4.78, 5) is 59.1. The lowest BCUT2D eigenvalue weighted by Gasteiger charge is -2.12. The van der Waals surface area contributed by atoms with Gasteiger partial charge in [-0.15, -0.1) is 0 Å². The first-order valence-electron chi connectivity index (χ1n) is 7.77. The first kappa shape index (κ1) is 17.9. The van der Waals surface area contributed by atoms with Crippen LogP contribution in [0.1, 0.15) is 31.1 Å². The quantitative estimate of drug-likeness (QED) is 0.249. The number of Topliss-reactive ketones (excluding diaryl/α,β-unsaturated/α-hetero) is 1. The maximum Gasteiger partial charge on any atom is 0.326 e. The van der Waals surface area contributed by atoms with Gasteiger partial charge in [0.25, 0.3) is 17.5 Å². The summed E-state index contributed by atoms with van der Waals surface area (Å²) < 4.78 is 4.81. The number of carbonyl (C=O) groups excluding carboxylic acids is 4. The lowest BCUT2D eigenvalue weighted by molar-refractivity contribution is -0.384. The van der Waals surface area contributed by atoms with Gasteiger partial charge >= 0.3 is 5.97 Å². The molecule has 2 aromatic rings. The molecule has 1 aliphatic heterocycles. The third-order valence-corrected chi connectivity index (χ3v) is 3.91. The second-order valence-electron chi connectivity index (χ2n) is 5.63. The van der Waals surface area contributed by atoms with Crippen molar-refractivity contribution in [2.24, 2.45) is 0 Å². The first-order chi connectivity index (χ1) is 12.9. The van der Waals surface area contributed by atoms with Crippen LogP contribution in [-0.4, -0.2) is 46.5 Å². The number of hydrogen-bond acceptors (Lipinski definition) is 7. The lowest BCUT2D eigenvalue weighted by Crippen LogP contribution is -2.36. The Hall–Kier alpha value is -3.88. The molecule has 2 amide bonds. The SMILES string of the molecule is O=C(CN1C(=O)c2ccccc2C1=O)OCC(=O)c1cccc([N+](=O)[O-])c1. The molecule has 9 heteroatoms. The van der Waals surface area contributed by atoms with E-state index in [4.69, 9.17) is 4.74 Å². The number of esters is 1. The van der Waals surface area contributed by atoms with Crippen LogP contribution in [-0.2, 0) is 9.53 Å². The third kappa shape index (κ3) is 3.56. The van der Waals surface area contributed by atoms with Gasteiger partial charge in [-0.25, -0.2) is 0 Å². The molecule has 2 aromatic carbocycles. The molecule has 27 heavy (non-hydrogen) atoms. The highest BCUT2D eigenvalue weighted by atomic mass is 16.6. The van der Waals surface area contributed by atoms with Crippen LogP contribution >= 0.6 is 0 Å². The Bertz CT molecular complexity index is 948. The van der Waals surface area contributed by atoms with Gasteiger partial charge in [0.05, 0.1) is 16.1 Å². The van der Waals surface area contributed by atoms with Gasteiger partial charge in [0, 0.05) is 17.7 Å². The van der Waals surface area contributed by atoms with Crippen molar-refractivity contribution in [1.29, 1.82) is 0 Å². The number of non-ortho nitro benzene ring substituents is 1. The average Bonchev–Trinajstić information content (AvgIpc) is 2.91. The van der Waals surface area contributed by atoms with Crippen molar-refractivity contribution < 1.29 is 28.8 Å². The Kier molecular flexibility index (Phi) is 4.75. The van der Waals surface area contributed by atoms with E-state index in [1.54, 1.807) is 12.1 Å². The summed E-state index contributed by atoms with van der Waals surface area (Å²) >= 11 is 0. The molecule has 1 heterocycles. The zero-order chi connectivity index (χ0) is 19.6. The third-order valence-electron chi connectivity index (χ3n) is 3.91. The number of carbonyl (C=O) groups is 4. The van der Waals surface area contributed by atoms with Crippen LogP contribution in [0.15, 0.2) is 48.5 Å². The van der Waals surface area contributed by atoms with Crippen molar-refractivity contribution in [2.45, 2.75) is 0 Å². The molecule has 0 saturated heterocycles. The van der Waals surface area contributed by atoms with Gasteiger partial charge < -0.3 is 4.74 Å². The summed E-state index contributed by atoms with van der Waals surface area (Å²) in [5.74, 6) is -2.81. The molecule has 0 atom stereocenters. The summed E-state index contributed by atoms with van der Waals surface area (Å²) in [6, 6.07) is 11.2. The van der Waals surface area contributed by atoms with Gasteiger partial charge in [0.2, 0.25) is 5.78 Å². The fraction of sp³-hybridized carbons (Fsp3) is 0.111. The molecule has 136 valence electrons. The average molecular weight is 368 g/mol. The van der Waals surface area contributed by atoms with E-state index >= 15 is 0 Å². The number of nitrogens with zero attached hydrogens (tertiary/aromatic N) is 2. The Morgan fingerprint density at radius 2 is 1.63 bits per heavy atom. The van der Waals surface area contributed by atoms with Crippen molar-refractivity contribution in [3.05, 3.63) is 75.3 Å². The molecule has 0 radical (unpaired) electrons. The van der Waals surface area contributed by atoms with Crippen molar-refractivity contribution >= 4 is 29.3 Å². The van der Waals surface area contributed by atoms with Crippen LogP contribution in [0.2, 0.25) is 0 Å². The summed E-state index contributed by atoms with van der Waals surface area (Å²) in [5, 5.41) is 10.7. The first-order valence-corrected chi connectivity index (χ1v) is 7.77. The van der Waals surface area contributed by atoms with Gasteiger partial charge in [0.1, 0.15) is 6.54 Å². The van der Waals surface area contributed by atoms with Crippen molar-refractivity contribution in [3.8, 4) is 0 Å². The number of fused-ring (bicyclic) bond motifs is 1. The molecule has 0 spiro atoms. The van der Waals surface area contributed by atoms with Crippen molar-refractivity contribution in [1.82, 2.24) is 4.90 Å². The minimum atomic E-state index is -0.941. The highest BCUT2D eigenvalue weighted by molar-refractivity contribution is 6.22. The number of nitro groups is 1. The summed E-state index contributed by atoms with van der Waals surface area (Å²) in [6.07, 6.45) is 0. The van der Waals surface area contributed by atoms with E-state index in [-0.39, 0.29) is 22.4 Å². The molecule has 0 saturated carbocycles. The standard InChI is InChI=1S/C18H12N2O7/c21-15(11-4-3-5-12(8-11)20(25)26)10-27-16(22)9-19-17(23)13-6-1-2-7-14(13)18(19)24/h1-8H,9-10H2. The second kappa shape index (κ2) is 7.16. The van der Waals surface area contributed by atoms with E-state index in [1.165, 1.54) is 30.3 Å². The molecule has 9 nitrogen and oxygen atoms in total. The summed E-state index contributed by atoms with van der Waals surface area (Å²) in [5.41, 5.74) is 0.141. The number of amides is 2. The van der Waals surface area contributed by atoms with Gasteiger partial charge in [-0.2, -0.15) is 0 Å². The van der Waals surface area contributed by atoms with Crippen LogP contribution in [0.5, 0.6) is 0 Å². The largest absolute Gasteiger partial charge is 0.456 e. The molecule has 0 aliphatic carbocycles. The minimum absolute atomic E-state index is 0.0118. The minimum Gasteiger partial charge on any atom is -0.456 e. The highest BCUT2D eigenvalue weighted by Crippen LogP contribution is 2.22. The van der Waals surface area contributed by atoms with Crippen molar-refractivity contribution in [3.63, 3.8) is 0 Å². The monoisotopic (exact) mass is 368 g/mol. The van der Waals surface area contributed by atoms with Gasteiger partial charge in [-0.3, -0.25) is 34.2 Å². The zero-order valence-electron chi connectivity index (χ0n) is 13.8. The topological polar surface area (TPSA) is 124 Å². The smallest absolute Gasteiger partial charge is 0.326 e. The Morgan fingerprint density at radius 1 is 1.00 bits per heavy atom. The molecule has 1 aliphatic rings. The van der Waals surface area contributed by atoms with E-state index in [0.717, 1.165) is 11.0 Å². The van der Waals surface area contributed by atoms with E-state index in [2.05, 4.69) is 0 Å². The predicted molar refractivity (Wildman–Crippen MR) is 90.2 cm³/mol. The van der Waals surface area contributed by atoms with Crippen molar-refractivity contribution in [2.75, 3.05) is 13.2 Å². The molecular formula is C18H12N2O7. The maximum absolute atomic E-state index is 12.2. The fourth-order valence-corrected chi connectivity index (χ4v) is 2.58. The van der Waals surface area contributed by atoms with Gasteiger partial charge in [-0.05, 0) is 12.1 Å². The zero-order valence-corrected chi connectivity index (χ0v) is 13.8. The number of benzene rings is 2. The maximum atomic E-state index is 12.2. The lowest BCUT2D eigenvalue weighted by atomic mass is 10.1. The molecule has 0 N–H and O–H groups in total. The van der Waals surface area contributed by atoms with E-state index in [0.29, 0.717) is 0 Å². The van der Waals surface area contributed by atoms with Crippen LogP contribution in [0.3, 0.4) is 0 Å². The Morgan fingerprint density at radius 3 is 2.22 bits per heavy atom. The van der Waals surface area contributed by atoms with Crippen LogP contribution in [0.4, 0.5) is 5.69 Å². The number of hydrogen-bond donors (Lipinski definition) is 0. The van der Waals surface area contributed by atoms with E-state index in [9.17, 15) is 29.3 Å². The van der Waals surface area contributed by atoms with Gasteiger partial charge in [-0.1, -0.05) is 24.3 Å². The van der Waals surface area contributed by atoms with Gasteiger partial charge in [0.15, 0.2) is 6.61 Å².